The lowest BCUT2D eigenvalue weighted by atomic mass is 10.2. The standard InChI is InChI=1S/C20H31N7O2/c1-16(28)13-27-15-19(22-23-27)6-7-25-8-10-26(11-9-25)20(29)17-4-5-18(21-12-17)14-24(2)3/h4-5,12,15-16,28H,6-11,13-14H2,1-3H3. The van der Waals surface area contributed by atoms with Gasteiger partial charge in [-0.3, -0.25) is 14.7 Å². The number of pyridine rings is 1. The fraction of sp³-hybridized carbons (Fsp3) is 0.600. The maximum absolute atomic E-state index is 12.7. The van der Waals surface area contributed by atoms with Gasteiger partial charge >= 0.3 is 0 Å². The molecular formula is C20H31N7O2. The van der Waals surface area contributed by atoms with Crippen molar-refractivity contribution in [2.24, 2.45) is 0 Å². The molecule has 1 aliphatic rings. The number of carbonyl (C=O) groups excluding carboxylic acids is 1. The van der Waals surface area contributed by atoms with E-state index in [2.05, 4.69) is 25.1 Å². The minimum atomic E-state index is -0.436. The van der Waals surface area contributed by atoms with Gasteiger partial charge in [-0.05, 0) is 33.2 Å². The van der Waals surface area contributed by atoms with Crippen molar-refractivity contribution in [1.29, 1.82) is 0 Å². The summed E-state index contributed by atoms with van der Waals surface area (Å²) in [5, 5.41) is 17.6. The molecule has 3 rings (SSSR count). The van der Waals surface area contributed by atoms with E-state index in [4.69, 9.17) is 0 Å². The van der Waals surface area contributed by atoms with Crippen molar-refractivity contribution in [2.75, 3.05) is 46.8 Å². The third-order valence-electron chi connectivity index (χ3n) is 4.93. The highest BCUT2D eigenvalue weighted by atomic mass is 16.3. The predicted molar refractivity (Wildman–Crippen MR) is 109 cm³/mol. The summed E-state index contributed by atoms with van der Waals surface area (Å²) in [4.78, 5) is 23.4. The molecule has 1 amide bonds. The fourth-order valence-corrected chi connectivity index (χ4v) is 3.41. The second-order valence-electron chi connectivity index (χ2n) is 7.94. The zero-order chi connectivity index (χ0) is 20.8. The third kappa shape index (κ3) is 6.31. The molecule has 2 aromatic heterocycles. The van der Waals surface area contributed by atoms with Crippen molar-refractivity contribution >= 4 is 5.91 Å². The highest BCUT2D eigenvalue weighted by molar-refractivity contribution is 5.94. The van der Waals surface area contributed by atoms with Crippen LogP contribution in [-0.2, 0) is 19.5 Å². The first kappa shape index (κ1) is 21.4. The summed E-state index contributed by atoms with van der Waals surface area (Å²) < 4.78 is 1.68. The number of carbonyl (C=O) groups is 1. The number of aliphatic hydroxyl groups excluding tert-OH is 1. The molecule has 9 heteroatoms. The van der Waals surface area contributed by atoms with E-state index in [0.29, 0.717) is 25.2 Å². The summed E-state index contributed by atoms with van der Waals surface area (Å²) in [5.74, 6) is 0.0506. The molecule has 3 heterocycles. The van der Waals surface area contributed by atoms with E-state index in [0.717, 1.165) is 44.0 Å². The SMILES string of the molecule is CC(O)Cn1cc(CCN2CCN(C(=O)c3ccc(CN(C)C)nc3)CC2)nn1. The molecular weight excluding hydrogens is 370 g/mol. The molecule has 1 aliphatic heterocycles. The van der Waals surface area contributed by atoms with Crippen LogP contribution in [0.3, 0.4) is 0 Å². The van der Waals surface area contributed by atoms with Gasteiger partial charge < -0.3 is 14.9 Å². The fourth-order valence-electron chi connectivity index (χ4n) is 3.41. The van der Waals surface area contributed by atoms with Crippen LogP contribution in [0.2, 0.25) is 0 Å². The number of rotatable bonds is 8. The van der Waals surface area contributed by atoms with E-state index >= 15 is 0 Å². The van der Waals surface area contributed by atoms with E-state index in [1.165, 1.54) is 0 Å². The van der Waals surface area contributed by atoms with Gasteiger partial charge in [-0.15, -0.1) is 5.10 Å². The molecule has 1 saturated heterocycles. The molecule has 1 atom stereocenters. The second-order valence-corrected chi connectivity index (χ2v) is 7.94. The topological polar surface area (TPSA) is 90.6 Å². The number of piperazine rings is 1. The van der Waals surface area contributed by atoms with Gasteiger partial charge in [0, 0.05) is 58.1 Å². The Morgan fingerprint density at radius 1 is 1.21 bits per heavy atom. The molecule has 29 heavy (non-hydrogen) atoms. The molecule has 2 aromatic rings. The Kier molecular flexibility index (Phi) is 7.29. The smallest absolute Gasteiger partial charge is 0.255 e. The Bertz CT molecular complexity index is 780. The van der Waals surface area contributed by atoms with E-state index in [1.807, 2.05) is 37.3 Å². The summed E-state index contributed by atoms with van der Waals surface area (Å²) in [6, 6.07) is 3.80. The van der Waals surface area contributed by atoms with Crippen LogP contribution in [0.5, 0.6) is 0 Å². The average molecular weight is 402 g/mol. The summed E-state index contributed by atoms with van der Waals surface area (Å²) in [5.41, 5.74) is 2.53. The molecule has 0 radical (unpaired) electrons. The van der Waals surface area contributed by atoms with Gasteiger partial charge in [0.1, 0.15) is 0 Å². The lowest BCUT2D eigenvalue weighted by Gasteiger charge is -2.34. The van der Waals surface area contributed by atoms with Crippen molar-refractivity contribution in [1.82, 2.24) is 34.7 Å². The first-order chi connectivity index (χ1) is 13.9. The average Bonchev–Trinajstić information content (AvgIpc) is 3.13. The summed E-state index contributed by atoms with van der Waals surface area (Å²) in [6.45, 7) is 6.96. The zero-order valence-corrected chi connectivity index (χ0v) is 17.5. The van der Waals surface area contributed by atoms with Crippen LogP contribution in [0, 0.1) is 0 Å². The van der Waals surface area contributed by atoms with Crippen LogP contribution in [0.15, 0.2) is 24.5 Å². The van der Waals surface area contributed by atoms with Gasteiger partial charge in [0.2, 0.25) is 0 Å². The van der Waals surface area contributed by atoms with Gasteiger partial charge in [0.15, 0.2) is 0 Å². The first-order valence-electron chi connectivity index (χ1n) is 10.1. The van der Waals surface area contributed by atoms with Gasteiger partial charge in [-0.1, -0.05) is 5.21 Å². The molecule has 0 aromatic carbocycles. The summed E-state index contributed by atoms with van der Waals surface area (Å²) in [7, 11) is 4.00. The van der Waals surface area contributed by atoms with Gasteiger partial charge in [0.25, 0.3) is 5.91 Å². The van der Waals surface area contributed by atoms with Gasteiger partial charge in [-0.25, -0.2) is 4.68 Å². The Morgan fingerprint density at radius 3 is 2.59 bits per heavy atom. The Balaban J connectivity index is 1.43. The van der Waals surface area contributed by atoms with Crippen LogP contribution in [-0.4, -0.2) is 98.6 Å². The lowest BCUT2D eigenvalue weighted by Crippen LogP contribution is -2.49. The molecule has 1 fully saturated rings. The van der Waals surface area contributed by atoms with Crippen molar-refractivity contribution < 1.29 is 9.90 Å². The first-order valence-corrected chi connectivity index (χ1v) is 10.1. The number of hydrogen-bond acceptors (Lipinski definition) is 7. The molecule has 0 bridgehead atoms. The largest absolute Gasteiger partial charge is 0.391 e. The van der Waals surface area contributed by atoms with Crippen LogP contribution < -0.4 is 0 Å². The van der Waals surface area contributed by atoms with Crippen molar-refractivity contribution in [2.45, 2.75) is 32.5 Å². The van der Waals surface area contributed by atoms with E-state index in [-0.39, 0.29) is 5.91 Å². The molecule has 0 aliphatic carbocycles. The second kappa shape index (κ2) is 9.91. The minimum absolute atomic E-state index is 0.0506. The quantitative estimate of drug-likeness (QED) is 0.672. The number of amides is 1. The van der Waals surface area contributed by atoms with Crippen LogP contribution in [0.25, 0.3) is 0 Å². The molecule has 9 nitrogen and oxygen atoms in total. The summed E-state index contributed by atoms with van der Waals surface area (Å²) >= 11 is 0. The maximum Gasteiger partial charge on any atom is 0.255 e. The Morgan fingerprint density at radius 2 is 1.97 bits per heavy atom. The highest BCUT2D eigenvalue weighted by Crippen LogP contribution is 2.10. The van der Waals surface area contributed by atoms with E-state index in [9.17, 15) is 9.90 Å². The Hall–Kier alpha value is -2.36. The zero-order valence-electron chi connectivity index (χ0n) is 17.5. The number of aliphatic hydroxyl groups is 1. The van der Waals surface area contributed by atoms with Crippen LogP contribution in [0.1, 0.15) is 28.7 Å². The molecule has 0 saturated carbocycles. The monoisotopic (exact) mass is 401 g/mol. The number of nitrogens with zero attached hydrogens (tertiary/aromatic N) is 7. The van der Waals surface area contributed by atoms with Crippen molar-refractivity contribution in [3.8, 4) is 0 Å². The van der Waals surface area contributed by atoms with Crippen molar-refractivity contribution in [3.05, 3.63) is 41.5 Å². The minimum Gasteiger partial charge on any atom is -0.391 e. The third-order valence-corrected chi connectivity index (χ3v) is 4.93. The van der Waals surface area contributed by atoms with E-state index in [1.54, 1.807) is 17.8 Å². The normalized spacial score (nSPS) is 16.4. The maximum atomic E-state index is 12.7. The van der Waals surface area contributed by atoms with Crippen molar-refractivity contribution in [3.63, 3.8) is 0 Å². The molecule has 0 spiro atoms. The van der Waals surface area contributed by atoms with Crippen LogP contribution >= 0.6 is 0 Å². The van der Waals surface area contributed by atoms with E-state index < -0.39 is 6.10 Å². The Labute approximate surface area is 171 Å². The molecule has 1 unspecified atom stereocenters. The number of aromatic nitrogens is 4. The van der Waals surface area contributed by atoms with Gasteiger partial charge in [0.05, 0.1) is 29.6 Å². The predicted octanol–water partition coefficient (Wildman–Crippen LogP) is 0.116. The summed E-state index contributed by atoms with van der Waals surface area (Å²) in [6.07, 6.45) is 3.95. The molecule has 158 valence electrons. The number of hydrogen-bond donors (Lipinski definition) is 1. The van der Waals surface area contributed by atoms with Gasteiger partial charge in [-0.2, -0.15) is 0 Å². The molecule has 1 N–H and O–H groups in total. The lowest BCUT2D eigenvalue weighted by molar-refractivity contribution is 0.0637. The highest BCUT2D eigenvalue weighted by Gasteiger charge is 2.22. The van der Waals surface area contributed by atoms with Crippen LogP contribution in [0.4, 0.5) is 0 Å².